The van der Waals surface area contributed by atoms with Crippen LogP contribution in [0.15, 0.2) is 164 Å². The summed E-state index contributed by atoms with van der Waals surface area (Å²) in [5.74, 6) is -0.380. The number of amides is 3. The van der Waals surface area contributed by atoms with Crippen LogP contribution in [0.2, 0.25) is 18.6 Å². The second-order valence-corrected chi connectivity index (χ2v) is 25.2. The second kappa shape index (κ2) is 20.3. The fourth-order valence-corrected chi connectivity index (χ4v) is 16.0. The van der Waals surface area contributed by atoms with E-state index in [-0.39, 0.29) is 61.1 Å². The number of hydrogen-bond acceptors (Lipinski definition) is 8. The van der Waals surface area contributed by atoms with E-state index in [1.165, 1.54) is 5.19 Å². The lowest BCUT2D eigenvalue weighted by molar-refractivity contribution is -0.146. The topological polar surface area (TPSA) is 179 Å². The summed E-state index contributed by atoms with van der Waals surface area (Å²) in [6, 6.07) is 47.3. The van der Waals surface area contributed by atoms with E-state index in [0.717, 1.165) is 49.8 Å². The number of fused-ring (bicyclic) bond motifs is 4. The van der Waals surface area contributed by atoms with Gasteiger partial charge in [0.2, 0.25) is 11.8 Å². The third-order valence-corrected chi connectivity index (χ3v) is 20.0. The van der Waals surface area contributed by atoms with E-state index in [4.69, 9.17) is 9.47 Å². The molecule has 0 saturated carbocycles. The number of para-hydroxylation sites is 2. The molecule has 3 amide bonds. The molecule has 0 radical (unpaired) electrons. The van der Waals surface area contributed by atoms with Crippen molar-refractivity contribution in [2.75, 3.05) is 29.3 Å². The van der Waals surface area contributed by atoms with Crippen LogP contribution >= 0.6 is 0 Å². The van der Waals surface area contributed by atoms with Crippen LogP contribution in [0.3, 0.4) is 0 Å². The number of aromatic amines is 2. The molecule has 5 heterocycles. The third kappa shape index (κ3) is 9.32. The van der Waals surface area contributed by atoms with E-state index < -0.39 is 19.8 Å². The highest BCUT2D eigenvalue weighted by Gasteiger charge is 2.66. The lowest BCUT2D eigenvalue weighted by Crippen LogP contribution is -2.51. The summed E-state index contributed by atoms with van der Waals surface area (Å²) < 4.78 is 14.9. The maximum atomic E-state index is 15.9. The predicted molar refractivity (Wildman–Crippen MR) is 295 cm³/mol. The molecule has 380 valence electrons. The molecule has 1 fully saturated rings. The minimum atomic E-state index is -2.54. The van der Waals surface area contributed by atoms with E-state index in [1.54, 1.807) is 7.11 Å². The van der Waals surface area contributed by atoms with Crippen LogP contribution in [0, 0.1) is 5.92 Å². The first-order valence-corrected chi connectivity index (χ1v) is 28.6. The summed E-state index contributed by atoms with van der Waals surface area (Å²) in [5.41, 5.74) is 7.36. The van der Waals surface area contributed by atoms with Gasteiger partial charge in [-0.3, -0.25) is 19.1 Å². The Morgan fingerprint density at radius 2 is 1.41 bits per heavy atom. The minimum Gasteiger partial charge on any atom is -0.497 e. The third-order valence-electron chi connectivity index (χ3n) is 15.7. The van der Waals surface area contributed by atoms with Gasteiger partial charge in [-0.05, 0) is 88.8 Å². The molecular formula is C60H60N8O6Si. The molecule has 5 atom stereocenters. The Balaban J connectivity index is 0.919. The maximum Gasteiger partial charge on any atom is 0.264 e. The molecule has 1 unspecified atom stereocenters. The van der Waals surface area contributed by atoms with Crippen molar-refractivity contribution in [2.45, 2.75) is 75.5 Å². The van der Waals surface area contributed by atoms with E-state index >= 15 is 4.79 Å². The molecule has 11 rings (SSSR count). The number of carbonyl (C=O) groups is 3. The molecule has 6 aromatic carbocycles. The van der Waals surface area contributed by atoms with E-state index in [1.807, 2.05) is 162 Å². The van der Waals surface area contributed by atoms with E-state index in [2.05, 4.69) is 63.1 Å². The van der Waals surface area contributed by atoms with E-state index in [9.17, 15) is 14.7 Å². The average Bonchev–Trinajstić information content (AvgIpc) is 4.30. The highest BCUT2D eigenvalue weighted by Crippen LogP contribution is 2.60. The van der Waals surface area contributed by atoms with Gasteiger partial charge in [-0.25, -0.2) is 0 Å². The van der Waals surface area contributed by atoms with Crippen LogP contribution in [0.1, 0.15) is 52.8 Å². The van der Waals surface area contributed by atoms with Crippen molar-refractivity contribution >= 4 is 69.9 Å². The van der Waals surface area contributed by atoms with Crippen LogP contribution in [-0.4, -0.2) is 75.7 Å². The number of aryl methyl sites for hydroxylation is 1. The largest absolute Gasteiger partial charge is 0.497 e. The number of H-pyrrole nitrogens is 2. The number of benzene rings is 6. The quantitative estimate of drug-likeness (QED) is 0.0560. The number of aliphatic hydroxyl groups is 1. The molecule has 3 aromatic heterocycles. The van der Waals surface area contributed by atoms with Crippen LogP contribution in [0.25, 0.3) is 21.8 Å². The van der Waals surface area contributed by atoms with Crippen LogP contribution < -0.4 is 25.5 Å². The normalized spacial score (nSPS) is 18.7. The monoisotopic (exact) mass is 1020 g/mol. The molecule has 9 aromatic rings. The van der Waals surface area contributed by atoms with Crippen molar-refractivity contribution in [3.05, 3.63) is 198 Å². The predicted octanol–water partition coefficient (Wildman–Crippen LogP) is 9.59. The smallest absolute Gasteiger partial charge is 0.264 e. The summed E-state index contributed by atoms with van der Waals surface area (Å²) in [4.78, 5) is 51.4. The van der Waals surface area contributed by atoms with Crippen molar-refractivity contribution in [1.29, 1.82) is 0 Å². The summed E-state index contributed by atoms with van der Waals surface area (Å²) in [5, 5.41) is 29.0. The summed E-state index contributed by atoms with van der Waals surface area (Å²) in [6.07, 6.45) is 6.15. The number of nitrogens with one attached hydrogen (secondary N) is 4. The number of anilines is 3. The molecule has 14 nitrogen and oxygen atoms in total. The summed E-state index contributed by atoms with van der Waals surface area (Å²) >= 11 is 0. The van der Waals surface area contributed by atoms with Gasteiger partial charge in [-0.2, -0.15) is 0 Å². The first kappa shape index (κ1) is 49.1. The van der Waals surface area contributed by atoms with Crippen molar-refractivity contribution < 1.29 is 29.0 Å². The van der Waals surface area contributed by atoms with Crippen LogP contribution in [0.5, 0.6) is 5.75 Å². The lowest BCUT2D eigenvalue weighted by atomic mass is 9.82. The molecule has 1 spiro atoms. The lowest BCUT2D eigenvalue weighted by Gasteiger charge is -2.37. The molecule has 1 saturated heterocycles. The number of rotatable bonds is 17. The number of hydrogen-bond donors (Lipinski definition) is 5. The highest BCUT2D eigenvalue weighted by atomic mass is 28.3. The first-order valence-electron chi connectivity index (χ1n) is 25.6. The van der Waals surface area contributed by atoms with Gasteiger partial charge in [0.15, 0.2) is 5.60 Å². The fraction of sp³-hybridized carbons (Fsp3) is 0.250. The van der Waals surface area contributed by atoms with Crippen molar-refractivity contribution in [2.24, 2.45) is 5.92 Å². The molecule has 15 heteroatoms. The molecular weight excluding hydrogens is 957 g/mol. The molecule has 2 aliphatic rings. The van der Waals surface area contributed by atoms with Gasteiger partial charge in [0.05, 0.1) is 64.6 Å². The van der Waals surface area contributed by atoms with Gasteiger partial charge >= 0.3 is 0 Å². The standard InChI is InChI=1S/C60H60N8O6Si/c1-38-58(75(3,4)46-25-23-45(73-2)24-26-46)55(28-29-67-36-53(65-66-67)49(37-69)40-12-6-5-7-13-40)74-60(38)50-32-44(64-57(71)31-42-34-62-52-17-11-9-15-48(42)52)22-27-54(50)68(59(60)72)35-39-18-20-43(21-19-39)63-56(70)30-41-33-61-51-16-10-8-14-47(41)51/h5-27,32-34,36,38,49,55,58,61-62,69H,28-31,35,37H2,1-4H3,(H,63,70)(H,64,71)/t38-,49?,55+,58-,60+/m0/s1. The average molecular weight is 1020 g/mol. The number of nitrogens with zero attached hydrogens (tertiary/aromatic N) is 4. The Kier molecular flexibility index (Phi) is 13.3. The van der Waals surface area contributed by atoms with Crippen molar-refractivity contribution in [1.82, 2.24) is 25.0 Å². The van der Waals surface area contributed by atoms with Gasteiger partial charge in [0.1, 0.15) is 5.75 Å². The van der Waals surface area contributed by atoms with Gasteiger partial charge in [-0.1, -0.05) is 121 Å². The Morgan fingerprint density at radius 1 is 0.800 bits per heavy atom. The number of aliphatic hydroxyl groups excluding tert-OH is 1. The van der Waals surface area contributed by atoms with E-state index in [0.29, 0.717) is 41.3 Å². The zero-order valence-electron chi connectivity index (χ0n) is 42.4. The number of ether oxygens (including phenoxy) is 2. The first-order chi connectivity index (χ1) is 36.4. The maximum absolute atomic E-state index is 15.9. The zero-order chi connectivity index (χ0) is 51.8. The van der Waals surface area contributed by atoms with Crippen LogP contribution in [0.4, 0.5) is 17.1 Å². The number of aromatic nitrogens is 5. The fourth-order valence-electron chi connectivity index (χ4n) is 11.9. The van der Waals surface area contributed by atoms with Gasteiger partial charge in [0.25, 0.3) is 5.91 Å². The van der Waals surface area contributed by atoms with Gasteiger partial charge < -0.3 is 40.1 Å². The highest BCUT2D eigenvalue weighted by molar-refractivity contribution is 6.91. The van der Waals surface area contributed by atoms with Gasteiger partial charge in [-0.15, -0.1) is 5.10 Å². The molecule has 2 aliphatic heterocycles. The summed E-state index contributed by atoms with van der Waals surface area (Å²) in [6.45, 7) is 7.44. The molecule has 0 bridgehead atoms. The van der Waals surface area contributed by atoms with Gasteiger partial charge in [0, 0.05) is 69.8 Å². The second-order valence-electron chi connectivity index (χ2n) is 20.5. The van der Waals surface area contributed by atoms with Crippen molar-refractivity contribution in [3.8, 4) is 5.75 Å². The Labute approximate surface area is 436 Å². The minimum absolute atomic E-state index is 0.0765. The van der Waals surface area contributed by atoms with Crippen LogP contribution in [-0.2, 0) is 50.7 Å². The Morgan fingerprint density at radius 3 is 2.05 bits per heavy atom. The number of carbonyl (C=O) groups excluding carboxylic acids is 3. The Bertz CT molecular complexity index is 3540. The molecule has 5 N–H and O–H groups in total. The van der Waals surface area contributed by atoms with Crippen molar-refractivity contribution in [3.63, 3.8) is 0 Å². The zero-order valence-corrected chi connectivity index (χ0v) is 43.4. The number of methoxy groups -OCH3 is 1. The molecule has 75 heavy (non-hydrogen) atoms. The molecule has 0 aliphatic carbocycles. The SMILES string of the molecule is COc1ccc([Si](C)(C)[C@@H]2[C@@H](CCn3cc(C(CO)c4ccccc4)nn3)O[C@]3(C(=O)N(Cc4ccc(NC(=O)Cc5c[nH]c6ccccc56)cc4)c4ccc(NC(=O)Cc5c[nH]c6ccccc56)cc43)[C@H]2C)cc1. The summed E-state index contributed by atoms with van der Waals surface area (Å²) in [7, 11) is -0.879. The Hall–Kier alpha value is -8.11.